The molecule has 4 nitrogen and oxygen atoms in total. The van der Waals surface area contributed by atoms with E-state index in [9.17, 15) is 13.6 Å². The molecule has 0 saturated heterocycles. The highest BCUT2D eigenvalue weighted by atomic mass is 19.3. The maximum absolute atomic E-state index is 13.1. The minimum atomic E-state index is -2.72. The molecule has 20 heavy (non-hydrogen) atoms. The lowest BCUT2D eigenvalue weighted by atomic mass is 10.1. The first-order valence-electron chi connectivity index (χ1n) is 6.65. The van der Waals surface area contributed by atoms with Gasteiger partial charge in [0.1, 0.15) is 17.6 Å². The molecule has 1 aromatic rings. The third-order valence-corrected chi connectivity index (χ3v) is 3.53. The minimum Gasteiger partial charge on any atom is -0.464 e. The molecular weight excluding hydrogens is 268 g/mol. The van der Waals surface area contributed by atoms with E-state index < -0.39 is 17.9 Å². The third kappa shape index (κ3) is 3.56. The topological polar surface area (TPSA) is 51.5 Å². The predicted octanol–water partition coefficient (Wildman–Crippen LogP) is 2.83. The van der Waals surface area contributed by atoms with Crippen molar-refractivity contribution in [3.05, 3.63) is 23.7 Å². The van der Waals surface area contributed by atoms with E-state index in [-0.39, 0.29) is 31.8 Å². The van der Waals surface area contributed by atoms with Crippen molar-refractivity contribution < 1.29 is 22.7 Å². The van der Waals surface area contributed by atoms with E-state index in [1.807, 2.05) is 0 Å². The first-order valence-corrected chi connectivity index (χ1v) is 6.65. The number of furan rings is 1. The Morgan fingerprint density at radius 2 is 2.35 bits per heavy atom. The number of carbonyl (C=O) groups is 1. The van der Waals surface area contributed by atoms with Gasteiger partial charge in [0.05, 0.1) is 6.61 Å². The van der Waals surface area contributed by atoms with Crippen molar-refractivity contribution in [1.29, 1.82) is 0 Å². The van der Waals surface area contributed by atoms with Gasteiger partial charge in [-0.15, -0.1) is 0 Å². The Hall–Kier alpha value is -1.43. The number of aryl methyl sites for hydroxylation is 1. The standard InChI is InChI=1S/C14H19F2NO3/c1-9-3-4-12(20-9)11(8-19-2)17-13(18)10-5-6-14(15,16)7-10/h3-4,10-11H,5-8H2,1-2H3,(H,17,18). The second kappa shape index (κ2) is 5.91. The van der Waals surface area contributed by atoms with Gasteiger partial charge in [-0.3, -0.25) is 4.79 Å². The molecule has 1 amide bonds. The summed E-state index contributed by atoms with van der Waals surface area (Å²) >= 11 is 0. The summed E-state index contributed by atoms with van der Waals surface area (Å²) < 4.78 is 36.8. The van der Waals surface area contributed by atoms with Gasteiger partial charge in [0, 0.05) is 25.9 Å². The zero-order chi connectivity index (χ0) is 14.8. The molecule has 0 spiro atoms. The largest absolute Gasteiger partial charge is 0.464 e. The molecule has 0 aromatic carbocycles. The van der Waals surface area contributed by atoms with E-state index in [2.05, 4.69) is 5.32 Å². The summed E-state index contributed by atoms with van der Waals surface area (Å²) in [7, 11) is 1.51. The fourth-order valence-electron chi connectivity index (χ4n) is 2.47. The van der Waals surface area contributed by atoms with Gasteiger partial charge < -0.3 is 14.5 Å². The van der Waals surface area contributed by atoms with Crippen LogP contribution in [-0.4, -0.2) is 25.5 Å². The number of carbonyl (C=O) groups excluding carboxylic acids is 1. The Morgan fingerprint density at radius 1 is 1.60 bits per heavy atom. The molecular formula is C14H19F2NO3. The molecule has 1 saturated carbocycles. The van der Waals surface area contributed by atoms with E-state index in [1.165, 1.54) is 7.11 Å². The fourth-order valence-corrected chi connectivity index (χ4v) is 2.47. The first-order chi connectivity index (χ1) is 9.41. The molecule has 1 fully saturated rings. The number of halogens is 2. The molecule has 1 heterocycles. The van der Waals surface area contributed by atoms with Gasteiger partial charge in [-0.1, -0.05) is 0 Å². The Kier molecular flexibility index (Phi) is 4.42. The van der Waals surface area contributed by atoms with E-state index in [0.29, 0.717) is 5.76 Å². The minimum absolute atomic E-state index is 0.218. The molecule has 112 valence electrons. The number of hydrogen-bond acceptors (Lipinski definition) is 3. The average Bonchev–Trinajstić information content (AvgIpc) is 2.94. The second-order valence-electron chi connectivity index (χ2n) is 5.26. The quantitative estimate of drug-likeness (QED) is 0.906. The summed E-state index contributed by atoms with van der Waals surface area (Å²) in [5.74, 6) is -2.43. The first kappa shape index (κ1) is 15.0. The molecule has 1 aromatic heterocycles. The Bertz CT molecular complexity index is 473. The van der Waals surface area contributed by atoms with Crippen LogP contribution in [0.3, 0.4) is 0 Å². The summed E-state index contributed by atoms with van der Waals surface area (Å²) in [5.41, 5.74) is 0. The number of rotatable bonds is 5. The maximum Gasteiger partial charge on any atom is 0.248 e. The fraction of sp³-hybridized carbons (Fsp3) is 0.643. The molecule has 1 aliphatic rings. The monoisotopic (exact) mass is 287 g/mol. The Morgan fingerprint density at radius 3 is 2.85 bits per heavy atom. The number of ether oxygens (including phenoxy) is 1. The summed E-state index contributed by atoms with van der Waals surface area (Å²) in [5, 5.41) is 2.74. The van der Waals surface area contributed by atoms with Gasteiger partial charge >= 0.3 is 0 Å². The lowest BCUT2D eigenvalue weighted by molar-refractivity contribution is -0.127. The Balaban J connectivity index is 2.00. The van der Waals surface area contributed by atoms with Gasteiger partial charge in [-0.2, -0.15) is 0 Å². The highest BCUT2D eigenvalue weighted by Gasteiger charge is 2.42. The van der Waals surface area contributed by atoms with Crippen LogP contribution in [0.5, 0.6) is 0 Å². The van der Waals surface area contributed by atoms with Crippen LogP contribution in [-0.2, 0) is 9.53 Å². The van der Waals surface area contributed by atoms with Gasteiger partial charge in [-0.05, 0) is 25.5 Å². The molecule has 0 bridgehead atoms. The highest BCUT2D eigenvalue weighted by Crippen LogP contribution is 2.39. The average molecular weight is 287 g/mol. The molecule has 6 heteroatoms. The lowest BCUT2D eigenvalue weighted by Gasteiger charge is -2.18. The normalized spacial score (nSPS) is 22.7. The van der Waals surface area contributed by atoms with Crippen LogP contribution in [0.25, 0.3) is 0 Å². The molecule has 0 radical (unpaired) electrons. The SMILES string of the molecule is COCC(NC(=O)C1CCC(F)(F)C1)c1ccc(C)o1. The smallest absolute Gasteiger partial charge is 0.248 e. The predicted molar refractivity (Wildman–Crippen MR) is 68.5 cm³/mol. The molecule has 2 rings (SSSR count). The molecule has 0 aliphatic heterocycles. The summed E-state index contributed by atoms with van der Waals surface area (Å²) in [6, 6.07) is 3.09. The number of methoxy groups -OCH3 is 1. The van der Waals surface area contributed by atoms with E-state index in [0.717, 1.165) is 5.76 Å². The van der Waals surface area contributed by atoms with Crippen molar-refractivity contribution in [2.45, 2.75) is 38.2 Å². The van der Waals surface area contributed by atoms with Crippen molar-refractivity contribution in [3.63, 3.8) is 0 Å². The third-order valence-electron chi connectivity index (χ3n) is 3.53. The van der Waals surface area contributed by atoms with Crippen molar-refractivity contribution in [3.8, 4) is 0 Å². The van der Waals surface area contributed by atoms with Crippen LogP contribution in [0.15, 0.2) is 16.5 Å². The zero-order valence-corrected chi connectivity index (χ0v) is 11.6. The van der Waals surface area contributed by atoms with Gasteiger partial charge in [0.15, 0.2) is 0 Å². The van der Waals surface area contributed by atoms with Crippen molar-refractivity contribution in [2.24, 2.45) is 5.92 Å². The van der Waals surface area contributed by atoms with Crippen LogP contribution < -0.4 is 5.32 Å². The molecule has 2 atom stereocenters. The van der Waals surface area contributed by atoms with E-state index in [4.69, 9.17) is 9.15 Å². The van der Waals surface area contributed by atoms with Crippen LogP contribution in [0, 0.1) is 12.8 Å². The van der Waals surface area contributed by atoms with Crippen LogP contribution in [0.4, 0.5) is 8.78 Å². The van der Waals surface area contributed by atoms with Crippen molar-refractivity contribution in [2.75, 3.05) is 13.7 Å². The molecule has 2 unspecified atom stereocenters. The van der Waals surface area contributed by atoms with Crippen LogP contribution >= 0.6 is 0 Å². The summed E-state index contributed by atoms with van der Waals surface area (Å²) in [6.07, 6.45) is -0.384. The second-order valence-corrected chi connectivity index (χ2v) is 5.26. The van der Waals surface area contributed by atoms with Gasteiger partial charge in [-0.25, -0.2) is 8.78 Å². The van der Waals surface area contributed by atoms with Crippen LogP contribution in [0.1, 0.15) is 36.8 Å². The number of amides is 1. The van der Waals surface area contributed by atoms with Gasteiger partial charge in [0.2, 0.25) is 11.8 Å². The zero-order valence-electron chi connectivity index (χ0n) is 11.6. The summed E-state index contributed by atoms with van der Waals surface area (Å²) in [4.78, 5) is 12.1. The molecule has 1 aliphatic carbocycles. The highest BCUT2D eigenvalue weighted by molar-refractivity contribution is 5.79. The Labute approximate surface area is 116 Å². The van der Waals surface area contributed by atoms with E-state index in [1.54, 1.807) is 19.1 Å². The number of alkyl halides is 2. The maximum atomic E-state index is 13.1. The lowest BCUT2D eigenvalue weighted by Crippen LogP contribution is -2.35. The van der Waals surface area contributed by atoms with Gasteiger partial charge in [0.25, 0.3) is 0 Å². The molecule has 1 N–H and O–H groups in total. The van der Waals surface area contributed by atoms with Crippen molar-refractivity contribution >= 4 is 5.91 Å². The number of nitrogens with one attached hydrogen (secondary N) is 1. The number of hydrogen-bond donors (Lipinski definition) is 1. The van der Waals surface area contributed by atoms with Crippen LogP contribution in [0.2, 0.25) is 0 Å². The summed E-state index contributed by atoms with van der Waals surface area (Å²) in [6.45, 7) is 2.04. The van der Waals surface area contributed by atoms with Crippen molar-refractivity contribution in [1.82, 2.24) is 5.32 Å². The van der Waals surface area contributed by atoms with E-state index >= 15 is 0 Å².